The van der Waals surface area contributed by atoms with Crippen LogP contribution in [0.2, 0.25) is 0 Å². The second-order valence-electron chi connectivity index (χ2n) is 7.74. The summed E-state index contributed by atoms with van der Waals surface area (Å²) in [6, 6.07) is 11.8. The summed E-state index contributed by atoms with van der Waals surface area (Å²) in [6.45, 7) is 7.93. The lowest BCUT2D eigenvalue weighted by Gasteiger charge is -2.32. The molecule has 0 saturated carbocycles. The summed E-state index contributed by atoms with van der Waals surface area (Å²) < 4.78 is 5.95. The Morgan fingerprint density at radius 3 is 2.27 bits per heavy atom. The molecule has 138 valence electrons. The fraction of sp³-hybridized carbons (Fsp3) is 0.429. The molecule has 1 aliphatic heterocycles. The minimum Gasteiger partial charge on any atom is -0.490 e. The van der Waals surface area contributed by atoms with Gasteiger partial charge in [0, 0.05) is 44.0 Å². The summed E-state index contributed by atoms with van der Waals surface area (Å²) in [5.74, 6) is 0.835. The number of ether oxygens (including phenoxy) is 1. The highest BCUT2D eigenvalue weighted by molar-refractivity contribution is 5.89. The zero-order chi connectivity index (χ0) is 18.6. The third-order valence-corrected chi connectivity index (χ3v) is 4.68. The van der Waals surface area contributed by atoms with E-state index >= 15 is 0 Å². The van der Waals surface area contributed by atoms with Crippen LogP contribution in [-0.2, 0) is 5.41 Å². The molecule has 3 rings (SSSR count). The van der Waals surface area contributed by atoms with Crippen molar-refractivity contribution < 1.29 is 9.53 Å². The number of nitrogens with zero attached hydrogens (tertiary/aromatic N) is 2. The normalized spacial score (nSPS) is 15.6. The number of carbonyl (C=O) groups excluding carboxylic acids is 1. The van der Waals surface area contributed by atoms with Crippen molar-refractivity contribution in [1.82, 2.24) is 9.88 Å². The molecule has 0 atom stereocenters. The predicted octanol–water partition coefficient (Wildman–Crippen LogP) is 4.45. The maximum absolute atomic E-state index is 12.5. The summed E-state index contributed by atoms with van der Waals surface area (Å²) >= 11 is 0. The van der Waals surface area contributed by atoms with Gasteiger partial charge in [0.1, 0.15) is 11.9 Å². The molecule has 1 N–H and O–H groups in total. The highest BCUT2D eigenvalue weighted by Gasteiger charge is 2.24. The van der Waals surface area contributed by atoms with E-state index in [-0.39, 0.29) is 17.6 Å². The molecule has 1 aromatic carbocycles. The standard InChI is InChI=1S/C21H27N3O2/c1-21(2,3)16-4-6-17(7-5-16)23-20(25)24-14-10-19(11-15-24)26-18-8-12-22-13-9-18/h4-9,12-13,19H,10-11,14-15H2,1-3H3,(H,23,25). The third-order valence-electron chi connectivity index (χ3n) is 4.68. The van der Waals surface area contributed by atoms with Crippen molar-refractivity contribution in [3.8, 4) is 5.75 Å². The van der Waals surface area contributed by atoms with Crippen molar-refractivity contribution >= 4 is 11.7 Å². The van der Waals surface area contributed by atoms with Crippen LogP contribution >= 0.6 is 0 Å². The minimum atomic E-state index is -0.0455. The van der Waals surface area contributed by atoms with Gasteiger partial charge in [0.15, 0.2) is 0 Å². The number of rotatable bonds is 3. The van der Waals surface area contributed by atoms with Crippen LogP contribution in [0.5, 0.6) is 5.75 Å². The van der Waals surface area contributed by atoms with Crippen molar-refractivity contribution in [3.63, 3.8) is 0 Å². The lowest BCUT2D eigenvalue weighted by molar-refractivity contribution is 0.115. The van der Waals surface area contributed by atoms with Crippen LogP contribution < -0.4 is 10.1 Å². The first-order chi connectivity index (χ1) is 12.4. The Morgan fingerprint density at radius 2 is 1.69 bits per heavy atom. The lowest BCUT2D eigenvalue weighted by atomic mass is 9.87. The van der Waals surface area contributed by atoms with Gasteiger partial charge in [0.2, 0.25) is 0 Å². The number of amides is 2. The quantitative estimate of drug-likeness (QED) is 0.887. The van der Waals surface area contributed by atoms with E-state index in [0.717, 1.165) is 24.3 Å². The Kier molecular flexibility index (Phi) is 5.45. The third kappa shape index (κ3) is 4.75. The molecule has 2 amide bonds. The fourth-order valence-electron chi connectivity index (χ4n) is 3.04. The zero-order valence-corrected chi connectivity index (χ0v) is 15.7. The SMILES string of the molecule is CC(C)(C)c1ccc(NC(=O)N2CCC(Oc3ccncc3)CC2)cc1. The number of piperidine rings is 1. The predicted molar refractivity (Wildman–Crippen MR) is 104 cm³/mol. The molecule has 0 spiro atoms. The first-order valence-electron chi connectivity index (χ1n) is 9.15. The maximum Gasteiger partial charge on any atom is 0.321 e. The summed E-state index contributed by atoms with van der Waals surface area (Å²) in [6.07, 6.45) is 5.26. The van der Waals surface area contributed by atoms with E-state index in [4.69, 9.17) is 4.74 Å². The lowest BCUT2D eigenvalue weighted by Crippen LogP contribution is -2.43. The first-order valence-corrected chi connectivity index (χ1v) is 9.15. The first kappa shape index (κ1) is 18.2. The monoisotopic (exact) mass is 353 g/mol. The summed E-state index contributed by atoms with van der Waals surface area (Å²) in [7, 11) is 0. The van der Waals surface area contributed by atoms with Gasteiger partial charge < -0.3 is 15.0 Å². The van der Waals surface area contributed by atoms with Gasteiger partial charge >= 0.3 is 6.03 Å². The summed E-state index contributed by atoms with van der Waals surface area (Å²) in [5, 5.41) is 2.99. The van der Waals surface area contributed by atoms with E-state index in [1.165, 1.54) is 5.56 Å². The number of anilines is 1. The molecule has 0 aliphatic carbocycles. The fourth-order valence-corrected chi connectivity index (χ4v) is 3.04. The number of hydrogen-bond acceptors (Lipinski definition) is 3. The number of pyridine rings is 1. The van der Waals surface area contributed by atoms with E-state index in [9.17, 15) is 4.79 Å². The van der Waals surface area contributed by atoms with E-state index in [1.54, 1.807) is 12.4 Å². The molecule has 26 heavy (non-hydrogen) atoms. The van der Waals surface area contributed by atoms with Gasteiger partial charge in [-0.2, -0.15) is 0 Å². The van der Waals surface area contributed by atoms with E-state index in [1.807, 2.05) is 29.2 Å². The van der Waals surface area contributed by atoms with Gasteiger partial charge in [-0.05, 0) is 35.2 Å². The van der Waals surface area contributed by atoms with Gasteiger partial charge in [-0.3, -0.25) is 4.98 Å². The summed E-state index contributed by atoms with van der Waals surface area (Å²) in [4.78, 5) is 18.3. The zero-order valence-electron chi connectivity index (χ0n) is 15.7. The van der Waals surface area contributed by atoms with Crippen LogP contribution in [0, 0.1) is 0 Å². The van der Waals surface area contributed by atoms with Gasteiger partial charge in [-0.15, -0.1) is 0 Å². The molecule has 1 fully saturated rings. The average molecular weight is 353 g/mol. The van der Waals surface area contributed by atoms with Gasteiger partial charge in [0.05, 0.1) is 0 Å². The summed E-state index contributed by atoms with van der Waals surface area (Å²) in [5.41, 5.74) is 2.20. The van der Waals surface area contributed by atoms with Gasteiger partial charge in [0.25, 0.3) is 0 Å². The number of hydrogen-bond donors (Lipinski definition) is 1. The Bertz CT molecular complexity index is 715. The van der Waals surface area contributed by atoms with Gasteiger partial charge in [-0.25, -0.2) is 4.79 Å². The van der Waals surface area contributed by atoms with Gasteiger partial charge in [-0.1, -0.05) is 32.9 Å². The van der Waals surface area contributed by atoms with Crippen LogP contribution in [0.15, 0.2) is 48.8 Å². The van der Waals surface area contributed by atoms with Crippen molar-refractivity contribution in [3.05, 3.63) is 54.4 Å². The molecule has 0 radical (unpaired) electrons. The van der Waals surface area contributed by atoms with Crippen LogP contribution in [0.25, 0.3) is 0 Å². The van der Waals surface area contributed by atoms with Crippen LogP contribution in [0.1, 0.15) is 39.2 Å². The highest BCUT2D eigenvalue weighted by Crippen LogP contribution is 2.24. The van der Waals surface area contributed by atoms with Crippen LogP contribution in [-0.4, -0.2) is 35.1 Å². The molecule has 0 unspecified atom stereocenters. The molecular formula is C21H27N3O2. The number of likely N-dealkylation sites (tertiary alicyclic amines) is 1. The van der Waals surface area contributed by atoms with Crippen molar-refractivity contribution in [2.45, 2.75) is 45.1 Å². The Balaban J connectivity index is 1.49. The molecule has 1 aromatic heterocycles. The molecular weight excluding hydrogens is 326 g/mol. The van der Waals surface area contributed by atoms with Crippen molar-refractivity contribution in [2.75, 3.05) is 18.4 Å². The Hall–Kier alpha value is -2.56. The number of urea groups is 1. The highest BCUT2D eigenvalue weighted by atomic mass is 16.5. The van der Waals surface area contributed by atoms with E-state index in [0.29, 0.717) is 13.1 Å². The van der Waals surface area contributed by atoms with E-state index < -0.39 is 0 Å². The maximum atomic E-state index is 12.5. The molecule has 2 aromatic rings. The molecule has 5 nitrogen and oxygen atoms in total. The van der Waals surface area contributed by atoms with Crippen molar-refractivity contribution in [1.29, 1.82) is 0 Å². The van der Waals surface area contributed by atoms with Crippen LogP contribution in [0.4, 0.5) is 10.5 Å². The second kappa shape index (κ2) is 7.77. The number of carbonyl (C=O) groups is 1. The molecule has 0 bridgehead atoms. The Labute approximate surface area is 155 Å². The minimum absolute atomic E-state index is 0.0455. The smallest absolute Gasteiger partial charge is 0.321 e. The molecule has 5 heteroatoms. The molecule has 1 aliphatic rings. The number of benzene rings is 1. The average Bonchev–Trinajstić information content (AvgIpc) is 2.63. The second-order valence-corrected chi connectivity index (χ2v) is 7.74. The number of nitrogens with one attached hydrogen (secondary N) is 1. The van der Waals surface area contributed by atoms with Crippen molar-refractivity contribution in [2.24, 2.45) is 0 Å². The van der Waals surface area contributed by atoms with Crippen LogP contribution in [0.3, 0.4) is 0 Å². The largest absolute Gasteiger partial charge is 0.490 e. The van der Waals surface area contributed by atoms with E-state index in [2.05, 4.69) is 43.2 Å². The molecule has 1 saturated heterocycles. The topological polar surface area (TPSA) is 54.5 Å². The number of aromatic nitrogens is 1. The Morgan fingerprint density at radius 1 is 1.08 bits per heavy atom. The molecule has 2 heterocycles.